The summed E-state index contributed by atoms with van der Waals surface area (Å²) in [5.74, 6) is 0.758. The minimum absolute atomic E-state index is 0.269. The third-order valence-electron chi connectivity index (χ3n) is 4.98. The number of hydrogen-bond acceptors (Lipinski definition) is 6. The molecule has 3 aromatic rings. The summed E-state index contributed by atoms with van der Waals surface area (Å²) in [5, 5.41) is 2.63. The fourth-order valence-electron chi connectivity index (χ4n) is 3.58. The van der Waals surface area contributed by atoms with Crippen LogP contribution in [0.15, 0.2) is 42.5 Å². The maximum Gasteiger partial charge on any atom is 0.513 e. The van der Waals surface area contributed by atoms with Gasteiger partial charge in [0.15, 0.2) is 5.75 Å². The number of carbonyl (C=O) groups excluding carboxylic acids is 2. The molecule has 6 heteroatoms. The molecule has 0 aliphatic carbocycles. The van der Waals surface area contributed by atoms with E-state index in [2.05, 4.69) is 20.8 Å². The Morgan fingerprint density at radius 2 is 1.22 bits per heavy atom. The molecule has 6 nitrogen and oxygen atoms in total. The first-order valence-electron chi connectivity index (χ1n) is 10.9. The topological polar surface area (TPSA) is 71.1 Å². The molecule has 3 rings (SSSR count). The standard InChI is InChI=1S/C26H30O6/c1-6-15-29-24(27)31-22-17-11-8-9-12-18(17)23(32-25(28)30-16-7-2)21-19(22)13-10-14-20(21)26(3,4)5/h8-14H,6-7,15-16H2,1-5H3. The van der Waals surface area contributed by atoms with Crippen molar-refractivity contribution < 1.29 is 28.5 Å². The Hall–Kier alpha value is -3.28. The van der Waals surface area contributed by atoms with Gasteiger partial charge in [0.1, 0.15) is 5.75 Å². The van der Waals surface area contributed by atoms with Gasteiger partial charge in [0.05, 0.1) is 13.2 Å². The molecule has 170 valence electrons. The molecule has 0 aliphatic heterocycles. The van der Waals surface area contributed by atoms with Gasteiger partial charge in [-0.05, 0) is 23.8 Å². The van der Waals surface area contributed by atoms with Crippen molar-refractivity contribution in [2.45, 2.75) is 52.9 Å². The SMILES string of the molecule is CCCOC(=O)Oc1c2ccccc2c(OC(=O)OCCC)c2c(C(C)(C)C)cccc12. The van der Waals surface area contributed by atoms with Gasteiger partial charge in [-0.3, -0.25) is 0 Å². The van der Waals surface area contributed by atoms with Crippen molar-refractivity contribution in [2.24, 2.45) is 0 Å². The van der Waals surface area contributed by atoms with Crippen LogP contribution >= 0.6 is 0 Å². The fraction of sp³-hybridized carbons (Fsp3) is 0.385. The van der Waals surface area contributed by atoms with E-state index in [0.29, 0.717) is 45.9 Å². The highest BCUT2D eigenvalue weighted by Crippen LogP contribution is 2.46. The van der Waals surface area contributed by atoms with E-state index in [1.165, 1.54) is 0 Å². The lowest BCUT2D eigenvalue weighted by Crippen LogP contribution is -2.16. The Labute approximate surface area is 188 Å². The van der Waals surface area contributed by atoms with Gasteiger partial charge >= 0.3 is 12.3 Å². The number of carbonyl (C=O) groups is 2. The summed E-state index contributed by atoms with van der Waals surface area (Å²) < 4.78 is 21.8. The fourth-order valence-corrected chi connectivity index (χ4v) is 3.58. The molecule has 0 radical (unpaired) electrons. The molecule has 32 heavy (non-hydrogen) atoms. The van der Waals surface area contributed by atoms with Gasteiger partial charge in [-0.25, -0.2) is 9.59 Å². The molecule has 0 N–H and O–H groups in total. The third-order valence-corrected chi connectivity index (χ3v) is 4.98. The molecule has 0 amide bonds. The molecule has 0 saturated heterocycles. The van der Waals surface area contributed by atoms with Crippen LogP contribution in [0.2, 0.25) is 0 Å². The van der Waals surface area contributed by atoms with Crippen LogP contribution in [0.4, 0.5) is 9.59 Å². The Balaban J connectivity index is 2.32. The van der Waals surface area contributed by atoms with Crippen LogP contribution in [-0.4, -0.2) is 25.5 Å². The van der Waals surface area contributed by atoms with Crippen molar-refractivity contribution in [2.75, 3.05) is 13.2 Å². The summed E-state index contributed by atoms with van der Waals surface area (Å²) in [6.45, 7) is 10.6. The summed E-state index contributed by atoms with van der Waals surface area (Å²) in [6, 6.07) is 13.1. The molecule has 0 fully saturated rings. The number of hydrogen-bond donors (Lipinski definition) is 0. The lowest BCUT2D eigenvalue weighted by atomic mass is 9.82. The molecule has 0 aliphatic rings. The zero-order valence-corrected chi connectivity index (χ0v) is 19.3. The van der Waals surface area contributed by atoms with Crippen molar-refractivity contribution >= 4 is 33.9 Å². The monoisotopic (exact) mass is 438 g/mol. The van der Waals surface area contributed by atoms with E-state index < -0.39 is 12.3 Å². The smallest absolute Gasteiger partial charge is 0.434 e. The van der Waals surface area contributed by atoms with Crippen LogP contribution in [0.5, 0.6) is 11.5 Å². The molecule has 0 saturated carbocycles. The highest BCUT2D eigenvalue weighted by molar-refractivity contribution is 6.13. The Morgan fingerprint density at radius 3 is 1.75 bits per heavy atom. The molecular weight excluding hydrogens is 408 g/mol. The van der Waals surface area contributed by atoms with Gasteiger partial charge in [0.2, 0.25) is 0 Å². The van der Waals surface area contributed by atoms with Gasteiger partial charge in [-0.1, -0.05) is 77.1 Å². The Morgan fingerprint density at radius 1 is 0.719 bits per heavy atom. The predicted molar refractivity (Wildman–Crippen MR) is 125 cm³/mol. The highest BCUT2D eigenvalue weighted by atomic mass is 16.7. The van der Waals surface area contributed by atoms with E-state index in [0.717, 1.165) is 5.56 Å². The maximum atomic E-state index is 12.5. The minimum Gasteiger partial charge on any atom is -0.434 e. The van der Waals surface area contributed by atoms with E-state index in [1.54, 1.807) is 0 Å². The van der Waals surface area contributed by atoms with Gasteiger partial charge in [-0.2, -0.15) is 0 Å². The summed E-state index contributed by atoms with van der Waals surface area (Å²) in [4.78, 5) is 24.8. The second-order valence-electron chi connectivity index (χ2n) is 8.58. The number of rotatable bonds is 6. The predicted octanol–water partition coefficient (Wildman–Crippen LogP) is 7.14. The zero-order valence-electron chi connectivity index (χ0n) is 19.3. The van der Waals surface area contributed by atoms with E-state index in [1.807, 2.05) is 56.3 Å². The summed E-state index contributed by atoms with van der Waals surface area (Å²) >= 11 is 0. The van der Waals surface area contributed by atoms with E-state index in [-0.39, 0.29) is 18.6 Å². The van der Waals surface area contributed by atoms with E-state index in [9.17, 15) is 9.59 Å². The molecule has 0 aromatic heterocycles. The third kappa shape index (κ3) is 4.96. The molecule has 3 aromatic carbocycles. The van der Waals surface area contributed by atoms with Crippen LogP contribution in [0.1, 0.15) is 53.0 Å². The van der Waals surface area contributed by atoms with E-state index in [4.69, 9.17) is 18.9 Å². The lowest BCUT2D eigenvalue weighted by molar-refractivity contribution is 0.0984. The lowest BCUT2D eigenvalue weighted by Gasteiger charge is -2.24. The quantitative estimate of drug-likeness (QED) is 0.231. The number of fused-ring (bicyclic) bond motifs is 2. The van der Waals surface area contributed by atoms with Crippen molar-refractivity contribution in [3.8, 4) is 11.5 Å². The normalized spacial score (nSPS) is 11.4. The van der Waals surface area contributed by atoms with Gasteiger partial charge < -0.3 is 18.9 Å². The van der Waals surface area contributed by atoms with Crippen molar-refractivity contribution in [3.05, 3.63) is 48.0 Å². The second kappa shape index (κ2) is 9.90. The van der Waals surface area contributed by atoms with Crippen LogP contribution in [-0.2, 0) is 14.9 Å². The van der Waals surface area contributed by atoms with Crippen molar-refractivity contribution in [1.82, 2.24) is 0 Å². The molecule has 0 atom stereocenters. The zero-order chi connectivity index (χ0) is 23.3. The second-order valence-corrected chi connectivity index (χ2v) is 8.58. The Bertz CT molecular complexity index is 1130. The first-order valence-corrected chi connectivity index (χ1v) is 10.9. The average Bonchev–Trinajstić information content (AvgIpc) is 2.77. The first-order chi connectivity index (χ1) is 15.3. The van der Waals surface area contributed by atoms with E-state index >= 15 is 0 Å². The molecular formula is C26H30O6. The van der Waals surface area contributed by atoms with Gasteiger partial charge in [0, 0.05) is 21.5 Å². The average molecular weight is 439 g/mol. The van der Waals surface area contributed by atoms with Crippen molar-refractivity contribution in [1.29, 1.82) is 0 Å². The summed E-state index contributed by atoms with van der Waals surface area (Å²) in [5.41, 5.74) is 0.679. The largest absolute Gasteiger partial charge is 0.513 e. The van der Waals surface area contributed by atoms with Crippen molar-refractivity contribution in [3.63, 3.8) is 0 Å². The van der Waals surface area contributed by atoms with Crippen LogP contribution in [0, 0.1) is 0 Å². The first kappa shape index (κ1) is 23.4. The number of ether oxygens (including phenoxy) is 4. The van der Waals surface area contributed by atoms with Crippen LogP contribution < -0.4 is 9.47 Å². The molecule has 0 unspecified atom stereocenters. The number of benzene rings is 3. The minimum atomic E-state index is -0.768. The Kier molecular flexibility index (Phi) is 7.23. The highest BCUT2D eigenvalue weighted by Gasteiger charge is 2.26. The summed E-state index contributed by atoms with van der Waals surface area (Å²) in [7, 11) is 0. The molecule has 0 spiro atoms. The molecule has 0 bridgehead atoms. The maximum absolute atomic E-state index is 12.5. The van der Waals surface area contributed by atoms with Crippen LogP contribution in [0.25, 0.3) is 21.5 Å². The van der Waals surface area contributed by atoms with Crippen LogP contribution in [0.3, 0.4) is 0 Å². The molecule has 0 heterocycles. The summed E-state index contributed by atoms with van der Waals surface area (Å²) in [6.07, 6.45) is -0.151. The van der Waals surface area contributed by atoms with Gasteiger partial charge in [0.25, 0.3) is 0 Å². The van der Waals surface area contributed by atoms with Gasteiger partial charge in [-0.15, -0.1) is 0 Å².